The first-order valence-corrected chi connectivity index (χ1v) is 13.2. The number of nitrogens with one attached hydrogen (secondary N) is 2. The van der Waals surface area contributed by atoms with E-state index in [1.54, 1.807) is 6.20 Å². The van der Waals surface area contributed by atoms with Gasteiger partial charge in [-0.3, -0.25) is 24.2 Å². The van der Waals surface area contributed by atoms with Crippen molar-refractivity contribution in [2.45, 2.75) is 25.4 Å². The Morgan fingerprint density at radius 2 is 1.57 bits per heavy atom. The van der Waals surface area contributed by atoms with Crippen molar-refractivity contribution in [3.05, 3.63) is 108 Å². The first-order chi connectivity index (χ1) is 19.4. The minimum atomic E-state index is -1.14. The molecule has 1 saturated heterocycles. The van der Waals surface area contributed by atoms with Crippen LogP contribution in [0, 0.1) is 5.92 Å². The largest absolute Gasteiger partial charge is 0.361 e. The van der Waals surface area contributed by atoms with E-state index in [9.17, 15) is 19.2 Å². The minimum absolute atomic E-state index is 0.103. The molecular weight excluding hydrogens is 506 g/mol. The summed E-state index contributed by atoms with van der Waals surface area (Å²) in [5.41, 5.74) is 3.39. The Kier molecular flexibility index (Phi) is 8.02. The number of benzene rings is 3. The number of piperazine rings is 1. The molecule has 9 nitrogen and oxygen atoms in total. The molecule has 3 amide bonds. The Morgan fingerprint density at radius 3 is 2.30 bits per heavy atom. The number of aromatic nitrogens is 1. The predicted octanol–water partition coefficient (Wildman–Crippen LogP) is 2.37. The lowest BCUT2D eigenvalue weighted by molar-refractivity contribution is -0.149. The van der Waals surface area contributed by atoms with Gasteiger partial charge in [0.25, 0.3) is 0 Å². The van der Waals surface area contributed by atoms with Crippen LogP contribution in [0.3, 0.4) is 0 Å². The number of fused-ring (bicyclic) bond motifs is 1. The number of hydrazine groups is 1. The van der Waals surface area contributed by atoms with Crippen LogP contribution >= 0.6 is 0 Å². The Morgan fingerprint density at radius 1 is 0.925 bits per heavy atom. The molecule has 1 aliphatic heterocycles. The van der Waals surface area contributed by atoms with Gasteiger partial charge >= 0.3 is 0 Å². The molecule has 3 aromatic carbocycles. The molecule has 1 fully saturated rings. The SMILES string of the molecule is NN(Cc1ccccc1)C(=O)C(Cc1c[nH]c2ccccc12)C(=O)CN1CC(=O)NC(Cc2ccccc2)C1=O. The summed E-state index contributed by atoms with van der Waals surface area (Å²) in [6.07, 6.45) is 2.19. The predicted molar refractivity (Wildman–Crippen MR) is 150 cm³/mol. The number of ketones is 1. The van der Waals surface area contributed by atoms with E-state index in [0.29, 0.717) is 6.42 Å². The van der Waals surface area contributed by atoms with Crippen molar-refractivity contribution in [3.63, 3.8) is 0 Å². The number of para-hydroxylation sites is 1. The molecule has 0 saturated carbocycles. The van der Waals surface area contributed by atoms with Crippen LogP contribution < -0.4 is 11.2 Å². The minimum Gasteiger partial charge on any atom is -0.361 e. The monoisotopic (exact) mass is 537 g/mol. The van der Waals surface area contributed by atoms with Gasteiger partial charge in [-0.15, -0.1) is 0 Å². The van der Waals surface area contributed by atoms with Gasteiger partial charge in [0.15, 0.2) is 5.78 Å². The van der Waals surface area contributed by atoms with E-state index in [1.807, 2.05) is 84.9 Å². The van der Waals surface area contributed by atoms with Gasteiger partial charge in [-0.25, -0.2) is 5.84 Å². The maximum Gasteiger partial charge on any atom is 0.247 e. The van der Waals surface area contributed by atoms with Gasteiger partial charge in [0, 0.05) is 23.5 Å². The summed E-state index contributed by atoms with van der Waals surface area (Å²) in [4.78, 5) is 57.6. The fourth-order valence-electron chi connectivity index (χ4n) is 5.11. The number of H-pyrrole nitrogens is 1. The van der Waals surface area contributed by atoms with Crippen molar-refractivity contribution in [1.29, 1.82) is 0 Å². The van der Waals surface area contributed by atoms with Crippen molar-refractivity contribution < 1.29 is 19.2 Å². The Hall–Kier alpha value is -4.76. The van der Waals surface area contributed by atoms with Gasteiger partial charge in [-0.1, -0.05) is 78.9 Å². The number of nitrogens with two attached hydrogens (primary N) is 1. The second-order valence-corrected chi connectivity index (χ2v) is 10.0. The molecule has 2 atom stereocenters. The highest BCUT2D eigenvalue weighted by Gasteiger charge is 2.37. The summed E-state index contributed by atoms with van der Waals surface area (Å²) in [7, 11) is 0. The van der Waals surface area contributed by atoms with Crippen LogP contribution in [0.1, 0.15) is 16.7 Å². The van der Waals surface area contributed by atoms with Crippen LogP contribution in [0.2, 0.25) is 0 Å². The zero-order valence-electron chi connectivity index (χ0n) is 22.0. The third-order valence-corrected chi connectivity index (χ3v) is 7.17. The lowest BCUT2D eigenvalue weighted by Gasteiger charge is -2.33. The van der Waals surface area contributed by atoms with Crippen molar-refractivity contribution >= 4 is 34.4 Å². The molecule has 0 radical (unpaired) electrons. The van der Waals surface area contributed by atoms with E-state index >= 15 is 0 Å². The summed E-state index contributed by atoms with van der Waals surface area (Å²) in [5, 5.41) is 4.68. The van der Waals surface area contributed by atoms with Gasteiger partial charge < -0.3 is 15.2 Å². The third-order valence-electron chi connectivity index (χ3n) is 7.17. The molecule has 0 bridgehead atoms. The molecule has 0 spiro atoms. The molecule has 4 aromatic rings. The van der Waals surface area contributed by atoms with E-state index in [2.05, 4.69) is 10.3 Å². The highest BCUT2D eigenvalue weighted by molar-refractivity contribution is 6.05. The smallest absolute Gasteiger partial charge is 0.247 e. The maximum atomic E-state index is 13.8. The molecule has 5 rings (SSSR count). The molecule has 0 aliphatic carbocycles. The average Bonchev–Trinajstić information content (AvgIpc) is 3.37. The summed E-state index contributed by atoms with van der Waals surface area (Å²) in [5.74, 6) is 3.33. The van der Waals surface area contributed by atoms with E-state index in [1.165, 1.54) is 4.90 Å². The van der Waals surface area contributed by atoms with Gasteiger partial charge in [0.2, 0.25) is 17.7 Å². The van der Waals surface area contributed by atoms with Crippen LogP contribution in [0.15, 0.2) is 91.1 Å². The molecule has 1 aromatic heterocycles. The molecule has 2 unspecified atom stereocenters. The Balaban J connectivity index is 1.37. The van der Waals surface area contributed by atoms with Gasteiger partial charge in [0.1, 0.15) is 18.5 Å². The maximum absolute atomic E-state index is 13.8. The van der Waals surface area contributed by atoms with Gasteiger partial charge in [-0.05, 0) is 29.2 Å². The lowest BCUT2D eigenvalue weighted by Crippen LogP contribution is -2.60. The molecule has 9 heteroatoms. The van der Waals surface area contributed by atoms with Crippen LogP contribution in [-0.4, -0.2) is 57.5 Å². The molecule has 40 heavy (non-hydrogen) atoms. The molecular formula is C31H31N5O4. The topological polar surface area (TPSA) is 129 Å². The Labute approximate surface area is 231 Å². The molecule has 204 valence electrons. The normalized spacial score (nSPS) is 16.0. The van der Waals surface area contributed by atoms with Crippen molar-refractivity contribution in [2.75, 3.05) is 13.1 Å². The van der Waals surface area contributed by atoms with Crippen LogP contribution in [0.5, 0.6) is 0 Å². The molecule has 4 N–H and O–H groups in total. The Bertz CT molecular complexity index is 1520. The number of carbonyl (C=O) groups excluding carboxylic acids is 4. The number of hydrogen-bond acceptors (Lipinski definition) is 5. The van der Waals surface area contributed by atoms with Crippen molar-refractivity contribution in [3.8, 4) is 0 Å². The quantitative estimate of drug-likeness (QED) is 0.124. The van der Waals surface area contributed by atoms with Crippen molar-refractivity contribution in [1.82, 2.24) is 20.2 Å². The van der Waals surface area contributed by atoms with Crippen LogP contribution in [0.4, 0.5) is 0 Å². The van der Waals surface area contributed by atoms with Crippen LogP contribution in [-0.2, 0) is 38.6 Å². The number of hydrogen-bond donors (Lipinski definition) is 3. The second kappa shape index (κ2) is 12.0. The number of carbonyl (C=O) groups is 4. The standard InChI is InChI=1S/C31H31N5O4/c32-36(18-22-11-5-2-6-12-22)30(39)25(16-23-17-33-26-14-8-7-13-24(23)26)28(37)19-35-20-29(38)34-27(31(35)40)15-21-9-3-1-4-10-21/h1-14,17,25,27,33H,15-16,18-20,32H2,(H,34,38). The average molecular weight is 538 g/mol. The zero-order chi connectivity index (χ0) is 28.1. The number of amides is 3. The zero-order valence-corrected chi connectivity index (χ0v) is 22.0. The van der Waals surface area contributed by atoms with Crippen molar-refractivity contribution in [2.24, 2.45) is 11.8 Å². The van der Waals surface area contributed by atoms with Crippen LogP contribution in [0.25, 0.3) is 10.9 Å². The number of aromatic amines is 1. The number of nitrogens with zero attached hydrogens (tertiary/aromatic N) is 2. The summed E-state index contributed by atoms with van der Waals surface area (Å²) >= 11 is 0. The van der Waals surface area contributed by atoms with E-state index in [0.717, 1.165) is 32.6 Å². The van der Waals surface area contributed by atoms with E-state index < -0.39 is 23.7 Å². The third kappa shape index (κ3) is 6.10. The van der Waals surface area contributed by atoms with Gasteiger partial charge in [0.05, 0.1) is 13.1 Å². The van der Waals surface area contributed by atoms with E-state index in [-0.39, 0.29) is 37.9 Å². The molecule has 2 heterocycles. The first-order valence-electron chi connectivity index (χ1n) is 13.2. The fraction of sp³-hybridized carbons (Fsp3) is 0.226. The fourth-order valence-corrected chi connectivity index (χ4v) is 5.11. The van der Waals surface area contributed by atoms with Gasteiger partial charge in [-0.2, -0.15) is 0 Å². The lowest BCUT2D eigenvalue weighted by atomic mass is 9.92. The summed E-state index contributed by atoms with van der Waals surface area (Å²) in [6.45, 7) is -0.489. The second-order valence-electron chi connectivity index (χ2n) is 10.0. The summed E-state index contributed by atoms with van der Waals surface area (Å²) in [6, 6.07) is 25.5. The van der Waals surface area contributed by atoms with E-state index in [4.69, 9.17) is 5.84 Å². The highest BCUT2D eigenvalue weighted by atomic mass is 16.2. The molecule has 1 aliphatic rings. The highest BCUT2D eigenvalue weighted by Crippen LogP contribution is 2.23. The first kappa shape index (κ1) is 26.8. The summed E-state index contributed by atoms with van der Waals surface area (Å²) < 4.78 is 0. The number of rotatable bonds is 10. The number of Topliss-reactive ketones (excluding diaryl/α,β-unsaturated/α-hetero) is 1.